The summed E-state index contributed by atoms with van der Waals surface area (Å²) >= 11 is 0. The molecule has 2 saturated carbocycles. The fourth-order valence-corrected chi connectivity index (χ4v) is 15.2. The number of amides is 2. The van der Waals surface area contributed by atoms with Gasteiger partial charge in [0.05, 0.1) is 35.6 Å². The van der Waals surface area contributed by atoms with Crippen molar-refractivity contribution in [3.05, 3.63) is 214 Å². The maximum atomic E-state index is 16.0. The van der Waals surface area contributed by atoms with E-state index >= 15 is 9.59 Å². The molecule has 21 nitrogen and oxygen atoms in total. The fourth-order valence-electron chi connectivity index (χ4n) is 15.2. The number of fused-ring (bicyclic) bond motifs is 8. The monoisotopic (exact) mass is 1340 g/mol. The van der Waals surface area contributed by atoms with Crippen LogP contribution in [0.3, 0.4) is 0 Å². The molecule has 6 aromatic rings. The van der Waals surface area contributed by atoms with E-state index in [1.165, 1.54) is 52.0 Å². The topological polar surface area (TPSA) is 292 Å². The van der Waals surface area contributed by atoms with Crippen molar-refractivity contribution in [2.24, 2.45) is 22.7 Å². The zero-order chi connectivity index (χ0) is 70.0. The molecular weight excluding hydrogens is 1260 g/mol. The average Bonchev–Trinajstić information content (AvgIpc) is 0.690. The number of aliphatic hydroxyl groups is 2. The van der Waals surface area contributed by atoms with Crippen molar-refractivity contribution in [2.45, 2.75) is 154 Å². The van der Waals surface area contributed by atoms with E-state index in [9.17, 15) is 43.8 Å². The first-order valence-electron chi connectivity index (χ1n) is 32.8. The minimum atomic E-state index is -2.54. The molecule has 0 spiro atoms. The number of benzene rings is 6. The quantitative estimate of drug-likeness (QED) is 0.0296. The second-order valence-corrected chi connectivity index (χ2v) is 27.1. The smallest absolute Gasteiger partial charge is 0.455 e. The second kappa shape index (κ2) is 28.3. The Morgan fingerprint density at radius 2 is 1.27 bits per heavy atom. The van der Waals surface area contributed by atoms with Crippen molar-refractivity contribution in [1.29, 1.82) is 0 Å². The summed E-state index contributed by atoms with van der Waals surface area (Å²) in [5.41, 5.74) is -2.66. The van der Waals surface area contributed by atoms with E-state index in [1.54, 1.807) is 91.0 Å². The molecule has 1 unspecified atom stereocenters. The lowest BCUT2D eigenvalue weighted by Crippen LogP contribution is -2.82. The van der Waals surface area contributed by atoms with Crippen LogP contribution in [0.15, 0.2) is 175 Å². The SMILES string of the molecule is CC(=O)O[C@H]1C(=O)[C@@]2(C)C([C@H](OC(=O)c3ccccc3)[C@]3(O)C[C@H](OC(=O)[C@H](OC(=O)OCc4ccc(CC(=O)[C@H](CC(C)C)NC(=O)OCC5c6ccccc6-c6ccccc65)cc4)[C@@H](NC(=O)c4ccccc4)c4ccccc4)C(C)=C1C3(C)C)[C@]1(OC(C)=O)CO[C@@H]1C[C@@H]2O. The Morgan fingerprint density at radius 3 is 1.85 bits per heavy atom. The molecule has 4 N–H and O–H groups in total. The van der Waals surface area contributed by atoms with Gasteiger partial charge in [-0.05, 0) is 101 Å². The number of esters is 4. The third-order valence-electron chi connectivity index (χ3n) is 20.2. The van der Waals surface area contributed by atoms with Crippen molar-refractivity contribution in [3.8, 4) is 11.1 Å². The summed E-state index contributed by atoms with van der Waals surface area (Å²) < 4.78 is 48.6. The molecular formula is C77H80N2O19. The van der Waals surface area contributed by atoms with Crippen molar-refractivity contribution in [1.82, 2.24) is 10.6 Å². The summed E-state index contributed by atoms with van der Waals surface area (Å²) in [6.07, 6.45) is -13.2. The molecule has 6 aromatic carbocycles. The molecule has 512 valence electrons. The van der Waals surface area contributed by atoms with Crippen molar-refractivity contribution >= 4 is 53.6 Å². The highest BCUT2D eigenvalue weighted by molar-refractivity contribution is 5.97. The minimum absolute atomic E-state index is 0.0155. The predicted octanol–water partition coefficient (Wildman–Crippen LogP) is 10.2. The zero-order valence-corrected chi connectivity index (χ0v) is 55.7. The molecule has 1 saturated heterocycles. The van der Waals surface area contributed by atoms with E-state index in [-0.39, 0.29) is 71.5 Å². The number of hydrogen-bond donors (Lipinski definition) is 4. The predicted molar refractivity (Wildman–Crippen MR) is 353 cm³/mol. The molecule has 1 heterocycles. The van der Waals surface area contributed by atoms with Gasteiger partial charge < -0.3 is 58.7 Å². The van der Waals surface area contributed by atoms with E-state index in [0.29, 0.717) is 17.5 Å². The van der Waals surface area contributed by atoms with Crippen LogP contribution < -0.4 is 10.6 Å². The van der Waals surface area contributed by atoms with Crippen LogP contribution >= 0.6 is 0 Å². The van der Waals surface area contributed by atoms with Crippen molar-refractivity contribution in [2.75, 3.05) is 13.2 Å². The van der Waals surface area contributed by atoms with Gasteiger partial charge in [-0.3, -0.25) is 24.0 Å². The molecule has 3 fully saturated rings. The number of nitrogens with one attached hydrogen (secondary N) is 2. The normalized spacial score (nSPS) is 25.1. The van der Waals surface area contributed by atoms with Gasteiger partial charge in [0.15, 0.2) is 23.3 Å². The van der Waals surface area contributed by atoms with Crippen LogP contribution in [0.25, 0.3) is 11.1 Å². The third kappa shape index (κ3) is 13.5. The number of ether oxygens (including phenoxy) is 8. The number of Topliss-reactive ketones (excluding diaryl/α,β-unsaturated/α-hetero) is 2. The van der Waals surface area contributed by atoms with E-state index in [2.05, 4.69) is 10.6 Å². The van der Waals surface area contributed by atoms with Crippen LogP contribution in [0, 0.1) is 22.7 Å². The lowest BCUT2D eigenvalue weighted by molar-refractivity contribution is -0.346. The Morgan fingerprint density at radius 1 is 0.684 bits per heavy atom. The van der Waals surface area contributed by atoms with E-state index < -0.39 is 138 Å². The maximum Gasteiger partial charge on any atom is 0.509 e. The minimum Gasteiger partial charge on any atom is -0.455 e. The Bertz CT molecular complexity index is 4020. The van der Waals surface area contributed by atoms with Crippen molar-refractivity contribution in [3.63, 3.8) is 0 Å². The number of aliphatic hydroxyl groups excluding tert-OH is 1. The molecule has 2 bridgehead atoms. The molecule has 0 aromatic heterocycles. The molecule has 11 rings (SSSR count). The van der Waals surface area contributed by atoms with Crippen LogP contribution in [0.2, 0.25) is 0 Å². The number of carbonyl (C=O) groups is 9. The summed E-state index contributed by atoms with van der Waals surface area (Å²) in [5, 5.41) is 32.2. The first-order valence-corrected chi connectivity index (χ1v) is 32.8. The molecule has 4 aliphatic carbocycles. The standard InChI is InChI=1S/C77H80N2O19/c1-43(2)36-57(78-72(88)91-41-56-54-30-20-18-28-52(54)53-29-19-21-31-55(53)56)58(82)37-47-32-34-48(35-33-47)40-92-73(89)96-65(63(49-22-12-9-13-23-49)79-69(85)50-24-14-10-15-25-50)71(87)95-59-39-77(90)68(97-70(86)51-26-16-11-17-27-51)66-75(8,60(83)38-61-76(66,42-93-61)98-46(5)81)67(84)64(94-45(4)80)62(44(59)3)74(77,6)7/h9-35,43,56-57,59-61,63-66,68,83,90H,36-42H2,1-8H3,(H,78,88)(H,79,85)/t57-,59-,60-,61+,63-,64+,65+,66?,68-,75+,76-,77+/m0/s1. The van der Waals surface area contributed by atoms with Gasteiger partial charge in [0.2, 0.25) is 6.10 Å². The van der Waals surface area contributed by atoms with Gasteiger partial charge in [0.1, 0.15) is 43.2 Å². The number of ketones is 2. The summed E-state index contributed by atoms with van der Waals surface area (Å²) in [5.74, 6) is -7.78. The Hall–Kier alpha value is -9.83. The fraction of sp³-hybridized carbons (Fsp3) is 0.390. The van der Waals surface area contributed by atoms with Gasteiger partial charge in [-0.2, -0.15) is 0 Å². The Labute approximate surface area is 567 Å². The highest BCUT2D eigenvalue weighted by Gasteiger charge is 2.78. The first kappa shape index (κ1) is 69.5. The average molecular weight is 1340 g/mol. The van der Waals surface area contributed by atoms with Crippen LogP contribution in [0.1, 0.15) is 135 Å². The Kier molecular flexibility index (Phi) is 20.1. The van der Waals surface area contributed by atoms with Crippen molar-refractivity contribution < 1.29 is 91.3 Å². The van der Waals surface area contributed by atoms with Gasteiger partial charge >= 0.3 is 36.1 Å². The molecule has 0 radical (unpaired) electrons. The van der Waals surface area contributed by atoms with E-state index in [0.717, 1.165) is 36.1 Å². The van der Waals surface area contributed by atoms with Gasteiger partial charge in [-0.1, -0.05) is 167 Å². The molecule has 5 aliphatic rings. The van der Waals surface area contributed by atoms with Gasteiger partial charge in [-0.15, -0.1) is 0 Å². The summed E-state index contributed by atoms with van der Waals surface area (Å²) in [7, 11) is 0. The maximum absolute atomic E-state index is 16.0. The highest BCUT2D eigenvalue weighted by atomic mass is 16.7. The second-order valence-electron chi connectivity index (χ2n) is 27.1. The lowest BCUT2D eigenvalue weighted by atomic mass is 9.44. The number of hydrogen-bond acceptors (Lipinski definition) is 19. The molecule has 12 atom stereocenters. The number of carbonyl (C=O) groups excluding carboxylic acids is 9. The third-order valence-corrected chi connectivity index (χ3v) is 20.2. The zero-order valence-electron chi connectivity index (χ0n) is 55.7. The number of rotatable bonds is 21. The summed E-state index contributed by atoms with van der Waals surface area (Å²) in [6.45, 7) is 11.3. The summed E-state index contributed by atoms with van der Waals surface area (Å²) in [6, 6.07) is 44.0. The Balaban J connectivity index is 0.877. The highest BCUT2D eigenvalue weighted by Crippen LogP contribution is 2.64. The lowest BCUT2D eigenvalue weighted by Gasteiger charge is -2.67. The number of alkyl carbamates (subject to hydrolysis) is 1. The van der Waals surface area contributed by atoms with Crippen LogP contribution in [0.4, 0.5) is 9.59 Å². The van der Waals surface area contributed by atoms with Crippen LogP contribution in [-0.2, 0) is 74.9 Å². The van der Waals surface area contributed by atoms with Gasteiger partial charge in [-0.25, -0.2) is 19.2 Å². The molecule has 2 amide bonds. The van der Waals surface area contributed by atoms with Crippen LogP contribution in [0.5, 0.6) is 0 Å². The van der Waals surface area contributed by atoms with Gasteiger partial charge in [0, 0.05) is 50.0 Å². The largest absolute Gasteiger partial charge is 0.509 e. The molecule has 1 aliphatic heterocycles. The van der Waals surface area contributed by atoms with Crippen LogP contribution in [-0.4, -0.2) is 131 Å². The first-order chi connectivity index (χ1) is 46.7. The van der Waals surface area contributed by atoms with E-state index in [4.69, 9.17) is 37.9 Å². The van der Waals surface area contributed by atoms with Gasteiger partial charge in [0.25, 0.3) is 5.91 Å². The van der Waals surface area contributed by atoms with E-state index in [1.807, 2.05) is 62.4 Å². The molecule has 98 heavy (non-hydrogen) atoms. The summed E-state index contributed by atoms with van der Waals surface area (Å²) in [4.78, 5) is 129. The molecule has 21 heteroatoms.